The molecule has 2 aromatic rings. The fourth-order valence-corrected chi connectivity index (χ4v) is 4.29. The number of aryl methyl sites for hydroxylation is 1. The van der Waals surface area contributed by atoms with E-state index < -0.39 is 4.33 Å². The highest BCUT2D eigenvalue weighted by atomic mass is 35.5. The maximum atomic E-state index is 12.1. The number of ketones is 1. The molecule has 3 rings (SSSR count). The molecule has 1 aromatic carbocycles. The van der Waals surface area contributed by atoms with Gasteiger partial charge in [-0.15, -0.1) is 33.4 Å². The normalized spacial score (nSPS) is 19.5. The van der Waals surface area contributed by atoms with Crippen LogP contribution >= 0.6 is 46.3 Å². The summed E-state index contributed by atoms with van der Waals surface area (Å²) in [6.45, 7) is 1.90. The molecular formula is C14H12Cl2N2OS2. The number of Topliss-reactive ketones (excluding diaryl/α,β-unsaturated/α-hetero) is 1. The van der Waals surface area contributed by atoms with Crippen LogP contribution in [-0.4, -0.2) is 26.1 Å². The minimum atomic E-state index is -0.628. The lowest BCUT2D eigenvalue weighted by Gasteiger charge is -2.03. The van der Waals surface area contributed by atoms with Gasteiger partial charge in [0.2, 0.25) is 0 Å². The van der Waals surface area contributed by atoms with Crippen LogP contribution in [0.1, 0.15) is 33.3 Å². The molecule has 0 saturated heterocycles. The van der Waals surface area contributed by atoms with Crippen LogP contribution in [0.2, 0.25) is 0 Å². The predicted octanol–water partition coefficient (Wildman–Crippen LogP) is 4.48. The van der Waals surface area contributed by atoms with Crippen molar-refractivity contribution in [1.29, 1.82) is 0 Å². The Labute approximate surface area is 141 Å². The molecule has 1 unspecified atom stereocenters. The fourth-order valence-electron chi connectivity index (χ4n) is 2.02. The topological polar surface area (TPSA) is 42.9 Å². The van der Waals surface area contributed by atoms with E-state index in [0.717, 1.165) is 21.3 Å². The molecule has 7 heteroatoms. The smallest absolute Gasteiger partial charge is 0.174 e. The number of nitrogens with zero attached hydrogens (tertiary/aromatic N) is 2. The Hall–Kier alpha value is -0.620. The van der Waals surface area contributed by atoms with Crippen LogP contribution in [0.3, 0.4) is 0 Å². The monoisotopic (exact) mass is 358 g/mol. The third-order valence-corrected chi connectivity index (χ3v) is 6.10. The molecule has 1 heterocycles. The number of halogens is 2. The number of thioether (sulfide) groups is 1. The maximum absolute atomic E-state index is 12.1. The number of benzene rings is 1. The van der Waals surface area contributed by atoms with Gasteiger partial charge in [0.05, 0.1) is 5.75 Å². The Morgan fingerprint density at radius 1 is 1.38 bits per heavy atom. The van der Waals surface area contributed by atoms with Crippen molar-refractivity contribution in [2.75, 3.05) is 5.75 Å². The largest absolute Gasteiger partial charge is 0.293 e. The average molecular weight is 359 g/mol. The van der Waals surface area contributed by atoms with E-state index in [0.29, 0.717) is 11.3 Å². The minimum absolute atomic E-state index is 0.0817. The van der Waals surface area contributed by atoms with Crippen molar-refractivity contribution in [3.8, 4) is 0 Å². The van der Waals surface area contributed by atoms with Crippen molar-refractivity contribution < 1.29 is 4.79 Å². The van der Waals surface area contributed by atoms with Crippen LogP contribution in [0.25, 0.3) is 0 Å². The molecule has 1 atom stereocenters. The summed E-state index contributed by atoms with van der Waals surface area (Å²) in [4.78, 5) is 12.1. The van der Waals surface area contributed by atoms with E-state index in [4.69, 9.17) is 23.2 Å². The molecule has 1 saturated carbocycles. The van der Waals surface area contributed by atoms with Crippen LogP contribution < -0.4 is 0 Å². The van der Waals surface area contributed by atoms with Gasteiger partial charge in [-0.25, -0.2) is 0 Å². The average Bonchev–Trinajstić information content (AvgIpc) is 2.90. The van der Waals surface area contributed by atoms with Crippen LogP contribution in [0, 0.1) is 6.92 Å². The molecule has 0 bridgehead atoms. The van der Waals surface area contributed by atoms with E-state index in [-0.39, 0.29) is 11.7 Å². The number of carbonyl (C=O) groups excluding carboxylic acids is 1. The Morgan fingerprint density at radius 2 is 2.05 bits per heavy atom. The highest BCUT2D eigenvalue weighted by molar-refractivity contribution is 8.01. The molecule has 0 amide bonds. The van der Waals surface area contributed by atoms with Crippen LogP contribution in [0.5, 0.6) is 0 Å². The molecular weight excluding hydrogens is 347 g/mol. The third-order valence-electron chi connectivity index (χ3n) is 3.30. The minimum Gasteiger partial charge on any atom is -0.293 e. The number of hydrogen-bond donors (Lipinski definition) is 0. The number of aromatic nitrogens is 2. The van der Waals surface area contributed by atoms with Gasteiger partial charge in [0.15, 0.2) is 10.1 Å². The van der Waals surface area contributed by atoms with Crippen molar-refractivity contribution >= 4 is 52.1 Å². The zero-order valence-electron chi connectivity index (χ0n) is 11.2. The van der Waals surface area contributed by atoms with Gasteiger partial charge >= 0.3 is 0 Å². The highest BCUT2D eigenvalue weighted by Gasteiger charge is 2.52. The Kier molecular flexibility index (Phi) is 4.28. The summed E-state index contributed by atoms with van der Waals surface area (Å²) < 4.78 is 0.196. The molecule has 1 aromatic heterocycles. The van der Waals surface area contributed by atoms with E-state index in [9.17, 15) is 4.79 Å². The number of rotatable bonds is 5. The Balaban J connectivity index is 1.60. The summed E-state index contributed by atoms with van der Waals surface area (Å²) >= 11 is 15.0. The molecule has 1 aliphatic rings. The first kappa shape index (κ1) is 15.3. The second-order valence-electron chi connectivity index (χ2n) is 4.94. The first-order chi connectivity index (χ1) is 9.95. The standard InChI is InChI=1S/C14H12Cl2N2OS2/c1-8-17-18-13(21-8)20-7-12(19)10-4-2-9(3-5-10)11-6-14(11,15)16/h2-5,11H,6-7H2,1H3. The molecule has 0 N–H and O–H groups in total. The summed E-state index contributed by atoms with van der Waals surface area (Å²) in [6, 6.07) is 7.55. The predicted molar refractivity (Wildman–Crippen MR) is 87.9 cm³/mol. The number of carbonyl (C=O) groups is 1. The van der Waals surface area contributed by atoms with Crippen molar-refractivity contribution in [3.05, 3.63) is 40.4 Å². The highest BCUT2D eigenvalue weighted by Crippen LogP contribution is 2.59. The van der Waals surface area contributed by atoms with Crippen molar-refractivity contribution in [1.82, 2.24) is 10.2 Å². The molecule has 0 spiro atoms. The first-order valence-electron chi connectivity index (χ1n) is 6.39. The first-order valence-corrected chi connectivity index (χ1v) is 8.95. The molecule has 21 heavy (non-hydrogen) atoms. The van der Waals surface area contributed by atoms with Gasteiger partial charge in [-0.1, -0.05) is 47.4 Å². The van der Waals surface area contributed by atoms with Gasteiger partial charge in [0, 0.05) is 11.5 Å². The van der Waals surface area contributed by atoms with Gasteiger partial charge in [-0.05, 0) is 18.9 Å². The molecule has 1 fully saturated rings. The lowest BCUT2D eigenvalue weighted by atomic mass is 10.1. The molecule has 3 nitrogen and oxygen atoms in total. The quantitative estimate of drug-likeness (QED) is 0.448. The van der Waals surface area contributed by atoms with Crippen LogP contribution in [-0.2, 0) is 0 Å². The second kappa shape index (κ2) is 5.88. The third kappa shape index (κ3) is 3.59. The van der Waals surface area contributed by atoms with Gasteiger partial charge in [-0.3, -0.25) is 4.79 Å². The van der Waals surface area contributed by atoms with Crippen molar-refractivity contribution in [2.45, 2.75) is 27.9 Å². The molecule has 110 valence electrons. The van der Waals surface area contributed by atoms with Gasteiger partial charge in [0.25, 0.3) is 0 Å². The summed E-state index contributed by atoms with van der Waals surface area (Å²) in [5.74, 6) is 0.633. The van der Waals surface area contributed by atoms with Gasteiger partial charge in [0.1, 0.15) is 9.34 Å². The molecule has 0 aliphatic heterocycles. The second-order valence-corrected chi connectivity index (χ2v) is 8.89. The number of alkyl halides is 2. The van der Waals surface area contributed by atoms with E-state index in [1.165, 1.54) is 23.1 Å². The lowest BCUT2D eigenvalue weighted by Crippen LogP contribution is -2.02. The fraction of sp³-hybridized carbons (Fsp3) is 0.357. The van der Waals surface area contributed by atoms with Crippen molar-refractivity contribution in [3.63, 3.8) is 0 Å². The Bertz CT molecular complexity index is 670. The summed E-state index contributed by atoms with van der Waals surface area (Å²) in [5.41, 5.74) is 1.78. The van der Waals surface area contributed by atoms with Crippen LogP contribution in [0.4, 0.5) is 0 Å². The van der Waals surface area contributed by atoms with E-state index in [1.54, 1.807) is 0 Å². The molecule has 0 radical (unpaired) electrons. The lowest BCUT2D eigenvalue weighted by molar-refractivity contribution is 0.102. The van der Waals surface area contributed by atoms with E-state index in [2.05, 4.69) is 10.2 Å². The van der Waals surface area contributed by atoms with Gasteiger partial charge < -0.3 is 0 Å². The number of hydrogen-bond acceptors (Lipinski definition) is 5. The zero-order chi connectivity index (χ0) is 15.0. The van der Waals surface area contributed by atoms with E-state index in [1.807, 2.05) is 31.2 Å². The van der Waals surface area contributed by atoms with Crippen LogP contribution in [0.15, 0.2) is 28.6 Å². The maximum Gasteiger partial charge on any atom is 0.174 e. The van der Waals surface area contributed by atoms with E-state index >= 15 is 0 Å². The van der Waals surface area contributed by atoms with Gasteiger partial charge in [-0.2, -0.15) is 0 Å². The Morgan fingerprint density at radius 3 is 2.57 bits per heavy atom. The summed E-state index contributed by atoms with van der Waals surface area (Å²) in [7, 11) is 0. The summed E-state index contributed by atoms with van der Waals surface area (Å²) in [5, 5.41) is 8.83. The zero-order valence-corrected chi connectivity index (χ0v) is 14.3. The summed E-state index contributed by atoms with van der Waals surface area (Å²) in [6.07, 6.45) is 0.773. The SMILES string of the molecule is Cc1nnc(SCC(=O)c2ccc(C3CC3(Cl)Cl)cc2)s1. The molecule has 1 aliphatic carbocycles. The van der Waals surface area contributed by atoms with Crippen molar-refractivity contribution in [2.24, 2.45) is 0 Å².